The summed E-state index contributed by atoms with van der Waals surface area (Å²) in [5.74, 6) is 0.176. The Kier molecular flexibility index (Phi) is 2.99. The number of aryl methyl sites for hydroxylation is 1. The van der Waals surface area contributed by atoms with Crippen molar-refractivity contribution < 1.29 is 4.79 Å². The van der Waals surface area contributed by atoms with Gasteiger partial charge in [-0.2, -0.15) is 0 Å². The lowest BCUT2D eigenvalue weighted by molar-refractivity contribution is -0.126. The normalized spacial score (nSPS) is 18.4. The minimum atomic E-state index is -0.263. The van der Waals surface area contributed by atoms with Gasteiger partial charge in [-0.05, 0) is 25.3 Å². The maximum absolute atomic E-state index is 12.1. The predicted octanol–water partition coefficient (Wildman–Crippen LogP) is 2.55. The van der Waals surface area contributed by atoms with E-state index in [1.54, 1.807) is 7.05 Å². The molecular weight excluding hydrogens is 198 g/mol. The van der Waals surface area contributed by atoms with E-state index in [1.165, 1.54) is 11.1 Å². The van der Waals surface area contributed by atoms with Crippen LogP contribution in [0.15, 0.2) is 24.3 Å². The van der Waals surface area contributed by atoms with Gasteiger partial charge in [0.1, 0.15) is 0 Å². The molecule has 0 aromatic heterocycles. The van der Waals surface area contributed by atoms with Crippen LogP contribution in [0.1, 0.15) is 36.8 Å². The van der Waals surface area contributed by atoms with Crippen LogP contribution in [0.3, 0.4) is 0 Å². The highest BCUT2D eigenvalue weighted by Gasteiger charge is 2.41. The molecule has 0 radical (unpaired) electrons. The molecule has 2 heteroatoms. The second kappa shape index (κ2) is 4.28. The van der Waals surface area contributed by atoms with Gasteiger partial charge in [-0.15, -0.1) is 0 Å². The van der Waals surface area contributed by atoms with Gasteiger partial charge in [0.2, 0.25) is 5.91 Å². The number of hydrogen-bond donors (Lipinski definition) is 1. The van der Waals surface area contributed by atoms with E-state index in [1.807, 2.05) is 6.07 Å². The van der Waals surface area contributed by atoms with E-state index >= 15 is 0 Å². The lowest BCUT2D eigenvalue weighted by atomic mass is 9.77. The molecule has 2 nitrogen and oxygen atoms in total. The van der Waals surface area contributed by atoms with Crippen LogP contribution in [0.25, 0.3) is 0 Å². The molecule has 1 aliphatic rings. The average molecular weight is 217 g/mol. The van der Waals surface area contributed by atoms with Crippen molar-refractivity contribution in [1.29, 1.82) is 0 Å². The number of carbonyl (C=O) groups excluding carboxylic acids is 1. The molecule has 1 amide bonds. The third-order valence-corrected chi connectivity index (χ3v) is 3.69. The fraction of sp³-hybridized carbons (Fsp3) is 0.500. The van der Waals surface area contributed by atoms with E-state index in [-0.39, 0.29) is 11.3 Å². The summed E-state index contributed by atoms with van der Waals surface area (Å²) in [4.78, 5) is 12.1. The van der Waals surface area contributed by atoms with Gasteiger partial charge in [0.15, 0.2) is 0 Å². The van der Waals surface area contributed by atoms with E-state index < -0.39 is 0 Å². The summed E-state index contributed by atoms with van der Waals surface area (Å²) >= 11 is 0. The summed E-state index contributed by atoms with van der Waals surface area (Å²) in [6.45, 7) is 2.08. The number of rotatable bonds is 2. The number of nitrogens with one attached hydrogen (secondary N) is 1. The Balaban J connectivity index is 2.43. The molecular formula is C14H19NO. The molecule has 0 saturated heterocycles. The van der Waals surface area contributed by atoms with Crippen LogP contribution in [-0.4, -0.2) is 13.0 Å². The zero-order chi connectivity index (χ0) is 11.6. The minimum absolute atomic E-state index is 0.176. The summed E-state index contributed by atoms with van der Waals surface area (Å²) in [5, 5.41) is 2.83. The SMILES string of the molecule is CNC(=O)C1(c2cccc(C)c2)CCCC1. The smallest absolute Gasteiger partial charge is 0.230 e. The van der Waals surface area contributed by atoms with Crippen LogP contribution in [0.4, 0.5) is 0 Å². The number of amides is 1. The molecule has 2 rings (SSSR count). The summed E-state index contributed by atoms with van der Waals surface area (Å²) in [7, 11) is 1.73. The van der Waals surface area contributed by atoms with E-state index in [9.17, 15) is 4.79 Å². The first-order valence-electron chi connectivity index (χ1n) is 5.98. The van der Waals surface area contributed by atoms with Gasteiger partial charge in [-0.1, -0.05) is 42.7 Å². The van der Waals surface area contributed by atoms with Gasteiger partial charge in [0.25, 0.3) is 0 Å². The molecule has 0 aliphatic heterocycles. The summed E-state index contributed by atoms with van der Waals surface area (Å²) in [6, 6.07) is 8.37. The molecule has 1 aliphatic carbocycles. The Labute approximate surface area is 97.1 Å². The fourth-order valence-electron chi connectivity index (χ4n) is 2.81. The van der Waals surface area contributed by atoms with Crippen LogP contribution < -0.4 is 5.32 Å². The van der Waals surface area contributed by atoms with E-state index in [0.29, 0.717) is 0 Å². The quantitative estimate of drug-likeness (QED) is 0.810. The van der Waals surface area contributed by atoms with Gasteiger partial charge in [-0.3, -0.25) is 4.79 Å². The lowest BCUT2D eigenvalue weighted by Crippen LogP contribution is -2.40. The van der Waals surface area contributed by atoms with Gasteiger partial charge in [0.05, 0.1) is 5.41 Å². The Morgan fingerprint density at radius 3 is 2.56 bits per heavy atom. The monoisotopic (exact) mass is 217 g/mol. The Bertz CT molecular complexity index is 391. The maximum atomic E-state index is 12.1. The van der Waals surface area contributed by atoms with Gasteiger partial charge < -0.3 is 5.32 Å². The number of benzene rings is 1. The van der Waals surface area contributed by atoms with Crippen LogP contribution >= 0.6 is 0 Å². The number of hydrogen-bond acceptors (Lipinski definition) is 1. The molecule has 1 saturated carbocycles. The number of likely N-dealkylation sites (N-methyl/N-ethyl adjacent to an activating group) is 1. The largest absolute Gasteiger partial charge is 0.358 e. The van der Waals surface area contributed by atoms with E-state index in [2.05, 4.69) is 30.4 Å². The second-order valence-electron chi connectivity index (χ2n) is 4.74. The highest BCUT2D eigenvalue weighted by atomic mass is 16.2. The van der Waals surface area contributed by atoms with Crippen molar-refractivity contribution in [2.24, 2.45) is 0 Å². The summed E-state index contributed by atoms with van der Waals surface area (Å²) in [6.07, 6.45) is 4.27. The molecule has 1 N–H and O–H groups in total. The predicted molar refractivity (Wildman–Crippen MR) is 65.4 cm³/mol. The third kappa shape index (κ3) is 1.73. The maximum Gasteiger partial charge on any atom is 0.230 e. The zero-order valence-electron chi connectivity index (χ0n) is 10.0. The van der Waals surface area contributed by atoms with Crippen LogP contribution in [0.5, 0.6) is 0 Å². The summed E-state index contributed by atoms with van der Waals surface area (Å²) < 4.78 is 0. The molecule has 0 spiro atoms. The highest BCUT2D eigenvalue weighted by molar-refractivity contribution is 5.88. The highest BCUT2D eigenvalue weighted by Crippen LogP contribution is 2.41. The molecule has 86 valence electrons. The van der Waals surface area contributed by atoms with Gasteiger partial charge >= 0.3 is 0 Å². The first-order valence-corrected chi connectivity index (χ1v) is 5.98. The summed E-state index contributed by atoms with van der Waals surface area (Å²) in [5.41, 5.74) is 2.15. The van der Waals surface area contributed by atoms with Crippen molar-refractivity contribution in [2.45, 2.75) is 38.0 Å². The molecule has 0 bridgehead atoms. The standard InChI is InChI=1S/C14H19NO/c1-11-6-5-7-12(10-11)14(13(16)15-2)8-3-4-9-14/h5-7,10H,3-4,8-9H2,1-2H3,(H,15,16). The number of carbonyl (C=O) groups is 1. The van der Waals surface area contributed by atoms with Crippen LogP contribution in [0.2, 0.25) is 0 Å². The van der Waals surface area contributed by atoms with Crippen molar-refractivity contribution in [3.05, 3.63) is 35.4 Å². The molecule has 1 aromatic rings. The van der Waals surface area contributed by atoms with Crippen LogP contribution in [0, 0.1) is 6.92 Å². The van der Waals surface area contributed by atoms with Crippen molar-refractivity contribution in [1.82, 2.24) is 5.32 Å². The molecule has 1 aromatic carbocycles. The molecule has 0 unspecified atom stereocenters. The molecule has 16 heavy (non-hydrogen) atoms. The van der Waals surface area contributed by atoms with E-state index in [4.69, 9.17) is 0 Å². The van der Waals surface area contributed by atoms with E-state index in [0.717, 1.165) is 25.7 Å². The van der Waals surface area contributed by atoms with Gasteiger partial charge in [0, 0.05) is 7.05 Å². The Hall–Kier alpha value is -1.31. The van der Waals surface area contributed by atoms with Crippen LogP contribution in [-0.2, 0) is 10.2 Å². The third-order valence-electron chi connectivity index (χ3n) is 3.69. The van der Waals surface area contributed by atoms with Crippen molar-refractivity contribution in [3.63, 3.8) is 0 Å². The zero-order valence-corrected chi connectivity index (χ0v) is 10.0. The first-order chi connectivity index (χ1) is 7.69. The van der Waals surface area contributed by atoms with Crippen molar-refractivity contribution in [3.8, 4) is 0 Å². The molecule has 1 fully saturated rings. The Morgan fingerprint density at radius 2 is 2.00 bits per heavy atom. The van der Waals surface area contributed by atoms with Crippen molar-refractivity contribution in [2.75, 3.05) is 7.05 Å². The Morgan fingerprint density at radius 1 is 1.31 bits per heavy atom. The topological polar surface area (TPSA) is 29.1 Å². The van der Waals surface area contributed by atoms with Crippen molar-refractivity contribution >= 4 is 5.91 Å². The fourth-order valence-corrected chi connectivity index (χ4v) is 2.81. The first kappa shape index (κ1) is 11.2. The lowest BCUT2D eigenvalue weighted by Gasteiger charge is -2.27. The second-order valence-corrected chi connectivity index (χ2v) is 4.74. The molecule has 0 heterocycles. The van der Waals surface area contributed by atoms with Gasteiger partial charge in [-0.25, -0.2) is 0 Å². The minimum Gasteiger partial charge on any atom is -0.358 e. The molecule has 0 atom stereocenters. The average Bonchev–Trinajstić information content (AvgIpc) is 2.78.